The summed E-state index contributed by atoms with van der Waals surface area (Å²) in [5.41, 5.74) is 1.55. The third-order valence-electron chi connectivity index (χ3n) is 10.6. The number of anilines is 1. The van der Waals surface area contributed by atoms with Crippen molar-refractivity contribution in [3.05, 3.63) is 81.4 Å². The Balaban J connectivity index is 1.40. The van der Waals surface area contributed by atoms with Crippen LogP contribution in [-0.4, -0.2) is 45.5 Å². The van der Waals surface area contributed by atoms with E-state index < -0.39 is 42.3 Å². The second-order valence-corrected chi connectivity index (χ2v) is 14.9. The highest BCUT2D eigenvalue weighted by Crippen LogP contribution is 2.52. The van der Waals surface area contributed by atoms with E-state index in [1.54, 1.807) is 0 Å². The van der Waals surface area contributed by atoms with Crippen molar-refractivity contribution >= 4 is 5.95 Å². The SMILES string of the molecule is CC1(C)Cc2nc(C3CCN(c4ncc(CCC(F)F)cn4)CC3)c([C@@H](F)c3ccc(C(F)(F)F)cc3)c(C3CCC(F)(F)CC3)c2[C@@H](O)C1. The van der Waals surface area contributed by atoms with Crippen molar-refractivity contribution in [3.8, 4) is 0 Å². The molecule has 0 radical (unpaired) electrons. The van der Waals surface area contributed by atoms with E-state index in [4.69, 9.17) is 4.98 Å². The number of nitrogens with zero attached hydrogens (tertiary/aromatic N) is 4. The standard InChI is InChI=1S/C37H42F8N4O/c1-35(2)17-26-30(27(50)18-35)29(22-9-13-36(41,42)14-10-22)31(32(40)23-4-6-25(7-5-23)37(43,44)45)33(48-26)24-11-15-49(16-12-24)34-46-19-21(20-47-34)3-8-28(38)39/h4-7,19-20,22,24,27-28,32,50H,3,8-18H2,1-2H3/t27-,32-/m0/s1. The second kappa shape index (κ2) is 14.0. The average Bonchev–Trinajstić information content (AvgIpc) is 3.06. The lowest BCUT2D eigenvalue weighted by molar-refractivity contribution is -0.137. The highest BCUT2D eigenvalue weighted by atomic mass is 19.4. The zero-order valence-electron chi connectivity index (χ0n) is 28.1. The monoisotopic (exact) mass is 710 g/mol. The van der Waals surface area contributed by atoms with E-state index in [9.17, 15) is 35.8 Å². The van der Waals surface area contributed by atoms with Crippen LogP contribution >= 0.6 is 0 Å². The summed E-state index contributed by atoms with van der Waals surface area (Å²) < 4.78 is 112. The molecule has 1 aliphatic heterocycles. The molecule has 13 heteroatoms. The van der Waals surface area contributed by atoms with Crippen molar-refractivity contribution in [1.82, 2.24) is 15.0 Å². The van der Waals surface area contributed by atoms with Crippen molar-refractivity contribution in [2.24, 2.45) is 5.41 Å². The number of hydrogen-bond donors (Lipinski definition) is 1. The molecular formula is C37H42F8N4O. The third-order valence-corrected chi connectivity index (χ3v) is 10.6. The van der Waals surface area contributed by atoms with Crippen LogP contribution in [0.25, 0.3) is 0 Å². The van der Waals surface area contributed by atoms with Gasteiger partial charge < -0.3 is 10.0 Å². The molecule has 3 aliphatic rings. The van der Waals surface area contributed by atoms with Gasteiger partial charge in [-0.05, 0) is 85.1 Å². The van der Waals surface area contributed by atoms with E-state index in [-0.39, 0.29) is 61.0 Å². The smallest absolute Gasteiger partial charge is 0.388 e. The number of hydrogen-bond acceptors (Lipinski definition) is 5. The van der Waals surface area contributed by atoms with E-state index >= 15 is 4.39 Å². The van der Waals surface area contributed by atoms with Gasteiger partial charge in [-0.3, -0.25) is 4.98 Å². The van der Waals surface area contributed by atoms with Gasteiger partial charge in [-0.2, -0.15) is 13.2 Å². The number of aryl methyl sites for hydroxylation is 1. The number of halogens is 8. The van der Waals surface area contributed by atoms with E-state index in [1.165, 1.54) is 12.4 Å². The van der Waals surface area contributed by atoms with Crippen molar-refractivity contribution < 1.29 is 40.2 Å². The molecule has 2 atom stereocenters. The van der Waals surface area contributed by atoms with Crippen LogP contribution < -0.4 is 4.90 Å². The third kappa shape index (κ3) is 7.92. The molecule has 2 fully saturated rings. The molecule has 0 unspecified atom stereocenters. The number of fused-ring (bicyclic) bond motifs is 1. The Morgan fingerprint density at radius 3 is 2.10 bits per heavy atom. The molecule has 5 nitrogen and oxygen atoms in total. The Hall–Kier alpha value is -3.35. The summed E-state index contributed by atoms with van der Waals surface area (Å²) in [5.74, 6) is -3.19. The number of aromatic nitrogens is 3. The zero-order chi connectivity index (χ0) is 36.0. The number of benzene rings is 1. The molecule has 50 heavy (non-hydrogen) atoms. The van der Waals surface area contributed by atoms with Crippen LogP contribution in [0.5, 0.6) is 0 Å². The number of aliphatic hydroxyl groups is 1. The Kier molecular flexibility index (Phi) is 10.2. The molecule has 272 valence electrons. The maximum atomic E-state index is 17.2. The van der Waals surface area contributed by atoms with Gasteiger partial charge in [0.25, 0.3) is 0 Å². The fourth-order valence-corrected chi connectivity index (χ4v) is 7.98. The highest BCUT2D eigenvalue weighted by Gasteiger charge is 2.44. The van der Waals surface area contributed by atoms with Gasteiger partial charge in [0.2, 0.25) is 18.3 Å². The molecule has 1 saturated carbocycles. The average molecular weight is 711 g/mol. The molecule has 1 N–H and O–H groups in total. The summed E-state index contributed by atoms with van der Waals surface area (Å²) in [4.78, 5) is 15.8. The Morgan fingerprint density at radius 1 is 0.900 bits per heavy atom. The lowest BCUT2D eigenvalue weighted by atomic mass is 9.68. The Morgan fingerprint density at radius 2 is 1.52 bits per heavy atom. The van der Waals surface area contributed by atoms with Crippen molar-refractivity contribution in [2.45, 2.75) is 121 Å². The summed E-state index contributed by atoms with van der Waals surface area (Å²) in [5, 5.41) is 11.6. The van der Waals surface area contributed by atoms with Crippen LogP contribution in [0.3, 0.4) is 0 Å². The lowest BCUT2D eigenvalue weighted by Crippen LogP contribution is -2.36. The van der Waals surface area contributed by atoms with E-state index in [0.717, 1.165) is 24.3 Å². The summed E-state index contributed by atoms with van der Waals surface area (Å²) in [6.45, 7) is 4.95. The van der Waals surface area contributed by atoms with Gasteiger partial charge in [0.15, 0.2) is 6.17 Å². The molecule has 3 aromatic rings. The van der Waals surface area contributed by atoms with Crippen molar-refractivity contribution in [3.63, 3.8) is 0 Å². The number of piperidine rings is 1. The van der Waals surface area contributed by atoms with Gasteiger partial charge in [-0.15, -0.1) is 0 Å². The number of pyridine rings is 1. The predicted octanol–water partition coefficient (Wildman–Crippen LogP) is 9.83. The van der Waals surface area contributed by atoms with Crippen LogP contribution in [0.1, 0.15) is 134 Å². The number of aliphatic hydroxyl groups excluding tert-OH is 1. The first-order valence-corrected chi connectivity index (χ1v) is 17.3. The minimum atomic E-state index is -4.61. The molecule has 3 heterocycles. The fourth-order valence-electron chi connectivity index (χ4n) is 7.98. The molecule has 0 amide bonds. The zero-order valence-corrected chi connectivity index (χ0v) is 28.1. The minimum Gasteiger partial charge on any atom is -0.388 e. The Bertz CT molecular complexity index is 1630. The molecule has 1 aromatic carbocycles. The molecule has 2 aromatic heterocycles. The Labute approximate surface area is 286 Å². The van der Waals surface area contributed by atoms with Crippen molar-refractivity contribution in [1.29, 1.82) is 0 Å². The van der Waals surface area contributed by atoms with Gasteiger partial charge in [0.05, 0.1) is 17.4 Å². The van der Waals surface area contributed by atoms with Crippen LogP contribution in [-0.2, 0) is 19.0 Å². The molecule has 0 spiro atoms. The van der Waals surface area contributed by atoms with Crippen molar-refractivity contribution in [2.75, 3.05) is 18.0 Å². The summed E-state index contributed by atoms with van der Waals surface area (Å²) in [6, 6.07) is 3.89. The van der Waals surface area contributed by atoms with E-state index in [1.807, 2.05) is 18.7 Å². The van der Waals surface area contributed by atoms with Crippen LogP contribution in [0.4, 0.5) is 41.1 Å². The van der Waals surface area contributed by atoms with Crippen LogP contribution in [0, 0.1) is 5.41 Å². The van der Waals surface area contributed by atoms with Crippen LogP contribution in [0.15, 0.2) is 36.7 Å². The first kappa shape index (κ1) is 36.4. The van der Waals surface area contributed by atoms with Gasteiger partial charge >= 0.3 is 6.18 Å². The summed E-state index contributed by atoms with van der Waals surface area (Å²) in [6.07, 6.45) is -5.77. The first-order chi connectivity index (χ1) is 23.5. The summed E-state index contributed by atoms with van der Waals surface area (Å²) in [7, 11) is 0. The summed E-state index contributed by atoms with van der Waals surface area (Å²) >= 11 is 0. The van der Waals surface area contributed by atoms with Gasteiger partial charge in [0.1, 0.15) is 0 Å². The molecule has 1 saturated heterocycles. The normalized spacial score (nSPS) is 22.1. The lowest BCUT2D eigenvalue weighted by Gasteiger charge is -2.41. The fraction of sp³-hybridized carbons (Fsp3) is 0.595. The predicted molar refractivity (Wildman–Crippen MR) is 172 cm³/mol. The molecular weight excluding hydrogens is 668 g/mol. The molecule has 6 rings (SSSR count). The number of alkyl halides is 8. The topological polar surface area (TPSA) is 62.1 Å². The first-order valence-electron chi connectivity index (χ1n) is 17.3. The van der Waals surface area contributed by atoms with Gasteiger partial charge in [-0.25, -0.2) is 31.9 Å². The minimum absolute atomic E-state index is 0.00761. The van der Waals surface area contributed by atoms with E-state index in [2.05, 4.69) is 9.97 Å². The van der Waals surface area contributed by atoms with Gasteiger partial charge in [-0.1, -0.05) is 26.0 Å². The molecule has 2 aliphatic carbocycles. The maximum absolute atomic E-state index is 17.2. The van der Waals surface area contributed by atoms with Crippen LogP contribution in [0.2, 0.25) is 0 Å². The quantitative estimate of drug-likeness (QED) is 0.236. The van der Waals surface area contributed by atoms with E-state index in [0.29, 0.717) is 72.8 Å². The largest absolute Gasteiger partial charge is 0.416 e. The molecule has 0 bridgehead atoms. The highest BCUT2D eigenvalue weighted by molar-refractivity contribution is 5.51. The maximum Gasteiger partial charge on any atom is 0.416 e. The number of rotatable bonds is 8. The van der Waals surface area contributed by atoms with Gasteiger partial charge in [0, 0.05) is 67.5 Å². The second-order valence-electron chi connectivity index (χ2n) is 14.9.